The lowest BCUT2D eigenvalue weighted by Gasteiger charge is -2.40. The highest BCUT2D eigenvalue weighted by Gasteiger charge is 2.41. The lowest BCUT2D eigenvalue weighted by atomic mass is 9.66. The minimum atomic E-state index is 0.896. The molecule has 2 saturated carbocycles. The molecule has 112 valence electrons. The summed E-state index contributed by atoms with van der Waals surface area (Å²) in [6.45, 7) is 14.8. The van der Waals surface area contributed by atoms with Crippen LogP contribution in [0.15, 0.2) is 0 Å². The minimum Gasteiger partial charge on any atom is -0.0651 e. The Kier molecular flexibility index (Phi) is 5.01. The van der Waals surface area contributed by atoms with Crippen molar-refractivity contribution in [2.75, 3.05) is 0 Å². The van der Waals surface area contributed by atoms with Gasteiger partial charge in [-0.25, -0.2) is 0 Å². The van der Waals surface area contributed by atoms with Crippen LogP contribution in [0.3, 0.4) is 0 Å². The summed E-state index contributed by atoms with van der Waals surface area (Å²) in [5, 5.41) is 0. The van der Waals surface area contributed by atoms with Gasteiger partial charge in [-0.15, -0.1) is 0 Å². The molecule has 0 aromatic heterocycles. The summed E-state index contributed by atoms with van der Waals surface area (Å²) in [6, 6.07) is 0. The summed E-state index contributed by atoms with van der Waals surface area (Å²) in [5.74, 6) is 7.87. The molecule has 5 unspecified atom stereocenters. The van der Waals surface area contributed by atoms with Gasteiger partial charge >= 0.3 is 0 Å². The number of hydrogen-bond donors (Lipinski definition) is 0. The highest BCUT2D eigenvalue weighted by Crippen LogP contribution is 2.50. The van der Waals surface area contributed by atoms with Crippen molar-refractivity contribution in [3.05, 3.63) is 0 Å². The summed E-state index contributed by atoms with van der Waals surface area (Å²) >= 11 is 0. The molecule has 0 heteroatoms. The third-order valence-corrected chi connectivity index (χ3v) is 6.98. The third-order valence-electron chi connectivity index (χ3n) is 6.98. The van der Waals surface area contributed by atoms with Crippen LogP contribution in [-0.2, 0) is 0 Å². The van der Waals surface area contributed by atoms with E-state index in [9.17, 15) is 0 Å². The zero-order chi connectivity index (χ0) is 14.2. The maximum atomic E-state index is 2.50. The monoisotopic (exact) mass is 264 g/mol. The highest BCUT2D eigenvalue weighted by atomic mass is 14.5. The molecule has 0 aromatic rings. The van der Waals surface area contributed by atoms with Crippen molar-refractivity contribution in [2.24, 2.45) is 47.3 Å². The smallest absolute Gasteiger partial charge is 0.0360 e. The van der Waals surface area contributed by atoms with Crippen molar-refractivity contribution in [3.63, 3.8) is 0 Å². The van der Waals surface area contributed by atoms with Crippen LogP contribution in [0.25, 0.3) is 0 Å². The fraction of sp³-hybridized carbons (Fsp3) is 1.00. The van der Waals surface area contributed by atoms with Crippen LogP contribution in [0.4, 0.5) is 0 Å². The van der Waals surface area contributed by atoms with Crippen molar-refractivity contribution < 1.29 is 0 Å². The van der Waals surface area contributed by atoms with Crippen molar-refractivity contribution in [3.8, 4) is 0 Å². The summed E-state index contributed by atoms with van der Waals surface area (Å²) in [5.41, 5.74) is 0. The predicted octanol–water partition coefficient (Wildman–Crippen LogP) is 6.01. The fourth-order valence-corrected chi connectivity index (χ4v) is 5.30. The van der Waals surface area contributed by atoms with Gasteiger partial charge in [0, 0.05) is 0 Å². The average Bonchev–Trinajstić information content (AvgIpc) is 2.79. The molecule has 0 nitrogen and oxygen atoms in total. The Morgan fingerprint density at radius 1 is 0.842 bits per heavy atom. The van der Waals surface area contributed by atoms with Gasteiger partial charge in [-0.05, 0) is 73.0 Å². The third kappa shape index (κ3) is 3.19. The van der Waals surface area contributed by atoms with Crippen LogP contribution in [0.2, 0.25) is 0 Å². The first-order valence-electron chi connectivity index (χ1n) is 8.93. The first kappa shape index (κ1) is 15.4. The van der Waals surface area contributed by atoms with Gasteiger partial charge in [-0.1, -0.05) is 48.0 Å². The quantitative estimate of drug-likeness (QED) is 0.585. The lowest BCUT2D eigenvalue weighted by Crippen LogP contribution is -2.31. The van der Waals surface area contributed by atoms with Gasteiger partial charge in [-0.2, -0.15) is 0 Å². The van der Waals surface area contributed by atoms with E-state index in [0.29, 0.717) is 0 Å². The van der Waals surface area contributed by atoms with Crippen LogP contribution < -0.4 is 0 Å². The van der Waals surface area contributed by atoms with Gasteiger partial charge in [0.1, 0.15) is 0 Å². The molecule has 0 amide bonds. The lowest BCUT2D eigenvalue weighted by molar-refractivity contribution is 0.102. The molecule has 2 rings (SSSR count). The Morgan fingerprint density at radius 3 is 1.79 bits per heavy atom. The molecule has 0 aromatic carbocycles. The largest absolute Gasteiger partial charge is 0.0651 e. The maximum absolute atomic E-state index is 2.50. The van der Waals surface area contributed by atoms with E-state index in [0.717, 1.165) is 47.3 Å². The van der Waals surface area contributed by atoms with E-state index in [1.807, 2.05) is 0 Å². The van der Waals surface area contributed by atoms with Crippen molar-refractivity contribution in [1.82, 2.24) is 0 Å². The van der Waals surface area contributed by atoms with Crippen molar-refractivity contribution in [1.29, 1.82) is 0 Å². The van der Waals surface area contributed by atoms with Gasteiger partial charge in [0.05, 0.1) is 0 Å². The normalized spacial score (nSPS) is 47.8. The molecule has 0 N–H and O–H groups in total. The second-order valence-corrected chi connectivity index (χ2v) is 8.35. The topological polar surface area (TPSA) is 0 Å². The molecule has 0 heterocycles. The molecule has 0 radical (unpaired) electrons. The number of hydrogen-bond acceptors (Lipinski definition) is 0. The first-order chi connectivity index (χ1) is 8.93. The van der Waals surface area contributed by atoms with E-state index in [2.05, 4.69) is 41.5 Å². The van der Waals surface area contributed by atoms with Crippen LogP contribution in [0, 0.1) is 47.3 Å². The SMILES string of the molecule is CCC1CC(C2CC(C)C(C)C(C)C2)CC1C(C)C. The molecular weight excluding hydrogens is 228 g/mol. The summed E-state index contributed by atoms with van der Waals surface area (Å²) in [6.07, 6.45) is 7.51. The Hall–Kier alpha value is 0. The Labute approximate surface area is 121 Å². The molecule has 0 saturated heterocycles. The summed E-state index contributed by atoms with van der Waals surface area (Å²) in [7, 11) is 0. The highest BCUT2D eigenvalue weighted by molar-refractivity contribution is 4.91. The average molecular weight is 264 g/mol. The molecule has 2 aliphatic rings. The zero-order valence-electron chi connectivity index (χ0n) is 14.2. The van der Waals surface area contributed by atoms with Gasteiger partial charge in [0.15, 0.2) is 0 Å². The van der Waals surface area contributed by atoms with E-state index in [4.69, 9.17) is 0 Å². The Morgan fingerprint density at radius 2 is 1.37 bits per heavy atom. The molecule has 5 atom stereocenters. The molecule has 0 bridgehead atoms. The minimum absolute atomic E-state index is 0.896. The van der Waals surface area contributed by atoms with Crippen LogP contribution >= 0.6 is 0 Å². The molecule has 0 aliphatic heterocycles. The Balaban J connectivity index is 2.00. The maximum Gasteiger partial charge on any atom is -0.0360 e. The van der Waals surface area contributed by atoms with E-state index < -0.39 is 0 Å². The molecule has 0 spiro atoms. The zero-order valence-corrected chi connectivity index (χ0v) is 14.2. The second-order valence-electron chi connectivity index (χ2n) is 8.35. The van der Waals surface area contributed by atoms with E-state index in [-0.39, 0.29) is 0 Å². The summed E-state index contributed by atoms with van der Waals surface area (Å²) in [4.78, 5) is 0. The molecule has 19 heavy (non-hydrogen) atoms. The van der Waals surface area contributed by atoms with Crippen molar-refractivity contribution in [2.45, 2.75) is 73.6 Å². The standard InChI is InChI=1S/C19H36/c1-7-16-10-18(11-19(16)12(2)3)17-8-13(4)15(6)14(5)9-17/h12-19H,7-11H2,1-6H3. The van der Waals surface area contributed by atoms with Crippen LogP contribution in [-0.4, -0.2) is 0 Å². The van der Waals surface area contributed by atoms with Gasteiger partial charge in [0.2, 0.25) is 0 Å². The number of rotatable bonds is 3. The van der Waals surface area contributed by atoms with Gasteiger partial charge in [0.25, 0.3) is 0 Å². The molecule has 2 fully saturated rings. The van der Waals surface area contributed by atoms with Crippen LogP contribution in [0.5, 0.6) is 0 Å². The first-order valence-corrected chi connectivity index (χ1v) is 8.93. The van der Waals surface area contributed by atoms with Crippen LogP contribution in [0.1, 0.15) is 73.6 Å². The van der Waals surface area contributed by atoms with Gasteiger partial charge in [-0.3, -0.25) is 0 Å². The second kappa shape index (κ2) is 6.19. The van der Waals surface area contributed by atoms with E-state index in [1.165, 1.54) is 32.1 Å². The van der Waals surface area contributed by atoms with E-state index >= 15 is 0 Å². The van der Waals surface area contributed by atoms with E-state index in [1.54, 1.807) is 0 Å². The summed E-state index contributed by atoms with van der Waals surface area (Å²) < 4.78 is 0. The predicted molar refractivity (Wildman–Crippen MR) is 85.0 cm³/mol. The molecular formula is C19H36. The van der Waals surface area contributed by atoms with Crippen molar-refractivity contribution >= 4 is 0 Å². The Bertz CT molecular complexity index is 268. The fourth-order valence-electron chi connectivity index (χ4n) is 5.30. The molecule has 2 aliphatic carbocycles. The van der Waals surface area contributed by atoms with Gasteiger partial charge < -0.3 is 0 Å².